The number of hydrogen-bond acceptors (Lipinski definition) is 2. The van der Waals surface area contributed by atoms with Crippen molar-refractivity contribution in [2.75, 3.05) is 18.0 Å². The molecule has 0 unspecified atom stereocenters. The monoisotopic (exact) mass is 278 g/mol. The molecule has 0 bridgehead atoms. The van der Waals surface area contributed by atoms with Crippen molar-refractivity contribution in [3.05, 3.63) is 29.6 Å². The fourth-order valence-electron chi connectivity index (χ4n) is 3.02. The molecule has 1 N–H and O–H groups in total. The van der Waals surface area contributed by atoms with Crippen molar-refractivity contribution in [2.24, 2.45) is 5.92 Å². The van der Waals surface area contributed by atoms with Gasteiger partial charge in [0.2, 0.25) is 0 Å². The highest BCUT2D eigenvalue weighted by molar-refractivity contribution is 5.57. The maximum absolute atomic E-state index is 14.4. The Morgan fingerprint density at radius 2 is 2.10 bits per heavy atom. The quantitative estimate of drug-likeness (QED) is 0.877. The van der Waals surface area contributed by atoms with Gasteiger partial charge in [-0.2, -0.15) is 0 Å². The van der Waals surface area contributed by atoms with Gasteiger partial charge in [-0.3, -0.25) is 0 Å². The lowest BCUT2D eigenvalue weighted by Gasteiger charge is -2.35. The van der Waals surface area contributed by atoms with E-state index in [0.29, 0.717) is 5.92 Å². The van der Waals surface area contributed by atoms with Gasteiger partial charge in [0.25, 0.3) is 0 Å². The third-order valence-electron chi connectivity index (χ3n) is 4.11. The summed E-state index contributed by atoms with van der Waals surface area (Å²) in [6.07, 6.45) is 2.26. The minimum Gasteiger partial charge on any atom is -0.364 e. The topological polar surface area (TPSA) is 15.3 Å². The maximum atomic E-state index is 14.4. The summed E-state index contributed by atoms with van der Waals surface area (Å²) in [4.78, 5) is 2.24. The normalized spacial score (nSPS) is 18.0. The standard InChI is InChI=1S/C17H27FN2/c1-13(2)11-19-12-14-7-5-8-15(18)16(14)20-10-6-9-17(20,3)4/h5,7-8,13,19H,6,9-12H2,1-4H3. The van der Waals surface area contributed by atoms with E-state index in [1.54, 1.807) is 6.07 Å². The van der Waals surface area contributed by atoms with E-state index < -0.39 is 0 Å². The predicted molar refractivity (Wildman–Crippen MR) is 83.6 cm³/mol. The molecule has 0 aromatic heterocycles. The van der Waals surface area contributed by atoms with Crippen molar-refractivity contribution in [3.8, 4) is 0 Å². The van der Waals surface area contributed by atoms with E-state index in [1.807, 2.05) is 12.1 Å². The first-order chi connectivity index (χ1) is 9.42. The fraction of sp³-hybridized carbons (Fsp3) is 0.647. The van der Waals surface area contributed by atoms with E-state index in [1.165, 1.54) is 0 Å². The molecule has 0 spiro atoms. The van der Waals surface area contributed by atoms with Crippen molar-refractivity contribution < 1.29 is 4.39 Å². The van der Waals surface area contributed by atoms with Crippen molar-refractivity contribution in [2.45, 2.75) is 52.6 Å². The minimum atomic E-state index is -0.0937. The van der Waals surface area contributed by atoms with Crippen LogP contribution in [0.15, 0.2) is 18.2 Å². The van der Waals surface area contributed by atoms with Gasteiger partial charge in [0.1, 0.15) is 5.82 Å². The van der Waals surface area contributed by atoms with E-state index >= 15 is 0 Å². The molecule has 2 rings (SSSR count). The van der Waals surface area contributed by atoms with Gasteiger partial charge in [-0.1, -0.05) is 26.0 Å². The minimum absolute atomic E-state index is 0.0506. The molecule has 20 heavy (non-hydrogen) atoms. The Balaban J connectivity index is 2.22. The summed E-state index contributed by atoms with van der Waals surface area (Å²) in [5.74, 6) is 0.513. The van der Waals surface area contributed by atoms with Crippen LogP contribution in [0.25, 0.3) is 0 Å². The lowest BCUT2D eigenvalue weighted by atomic mass is 10.00. The number of benzene rings is 1. The molecule has 1 saturated heterocycles. The molecule has 0 amide bonds. The highest BCUT2D eigenvalue weighted by Crippen LogP contribution is 2.37. The number of nitrogens with zero attached hydrogens (tertiary/aromatic N) is 1. The van der Waals surface area contributed by atoms with Crippen LogP contribution < -0.4 is 10.2 Å². The van der Waals surface area contributed by atoms with Crippen LogP contribution >= 0.6 is 0 Å². The van der Waals surface area contributed by atoms with Gasteiger partial charge in [0, 0.05) is 18.6 Å². The van der Waals surface area contributed by atoms with Crippen LogP contribution in [-0.4, -0.2) is 18.6 Å². The summed E-state index contributed by atoms with van der Waals surface area (Å²) in [6, 6.07) is 5.43. The van der Waals surface area contributed by atoms with Gasteiger partial charge in [0.05, 0.1) is 5.69 Å². The van der Waals surface area contributed by atoms with Gasteiger partial charge in [0.15, 0.2) is 0 Å². The molecule has 1 aliphatic heterocycles. The molecular weight excluding hydrogens is 251 g/mol. The number of halogens is 1. The third kappa shape index (κ3) is 3.32. The van der Waals surface area contributed by atoms with Gasteiger partial charge in [-0.05, 0) is 50.8 Å². The van der Waals surface area contributed by atoms with Crippen LogP contribution in [0.5, 0.6) is 0 Å². The molecular formula is C17H27FN2. The molecule has 112 valence electrons. The Labute approximate surface area is 122 Å². The Hall–Kier alpha value is -1.09. The largest absolute Gasteiger partial charge is 0.364 e. The van der Waals surface area contributed by atoms with Gasteiger partial charge in [-0.15, -0.1) is 0 Å². The Kier molecular flexibility index (Phi) is 4.69. The second-order valence-corrected chi connectivity index (χ2v) is 6.84. The lowest BCUT2D eigenvalue weighted by molar-refractivity contribution is 0.501. The molecule has 3 heteroatoms. The molecule has 2 nitrogen and oxygen atoms in total. The van der Waals surface area contributed by atoms with Crippen LogP contribution in [0.2, 0.25) is 0 Å². The lowest BCUT2D eigenvalue weighted by Crippen LogP contribution is -2.39. The first-order valence-corrected chi connectivity index (χ1v) is 7.67. The van der Waals surface area contributed by atoms with E-state index in [9.17, 15) is 4.39 Å². The summed E-state index contributed by atoms with van der Waals surface area (Å²) in [6.45, 7) is 11.4. The molecule has 0 atom stereocenters. The third-order valence-corrected chi connectivity index (χ3v) is 4.11. The SMILES string of the molecule is CC(C)CNCc1cccc(F)c1N1CCCC1(C)C. The van der Waals surface area contributed by atoms with Crippen LogP contribution in [0, 0.1) is 11.7 Å². The van der Waals surface area contributed by atoms with E-state index in [4.69, 9.17) is 0 Å². The second-order valence-electron chi connectivity index (χ2n) is 6.84. The summed E-state index contributed by atoms with van der Waals surface area (Å²) in [5, 5.41) is 3.43. The second kappa shape index (κ2) is 6.13. The smallest absolute Gasteiger partial charge is 0.146 e. The van der Waals surface area contributed by atoms with Crippen LogP contribution in [-0.2, 0) is 6.54 Å². The molecule has 0 aliphatic carbocycles. The summed E-state index contributed by atoms with van der Waals surface area (Å²) >= 11 is 0. The average molecular weight is 278 g/mol. The van der Waals surface area contributed by atoms with Crippen molar-refractivity contribution in [1.29, 1.82) is 0 Å². The van der Waals surface area contributed by atoms with Crippen molar-refractivity contribution in [3.63, 3.8) is 0 Å². The highest BCUT2D eigenvalue weighted by atomic mass is 19.1. The number of rotatable bonds is 5. The van der Waals surface area contributed by atoms with Crippen LogP contribution in [0.1, 0.15) is 46.1 Å². The molecule has 1 fully saturated rings. The number of nitrogens with one attached hydrogen (secondary N) is 1. The number of hydrogen-bond donors (Lipinski definition) is 1. The van der Waals surface area contributed by atoms with E-state index in [2.05, 4.69) is 37.9 Å². The Morgan fingerprint density at radius 3 is 2.70 bits per heavy atom. The molecule has 1 aromatic carbocycles. The van der Waals surface area contributed by atoms with Crippen LogP contribution in [0.3, 0.4) is 0 Å². The van der Waals surface area contributed by atoms with Crippen LogP contribution in [0.4, 0.5) is 10.1 Å². The maximum Gasteiger partial charge on any atom is 0.146 e. The molecule has 1 heterocycles. The summed E-state index contributed by atoms with van der Waals surface area (Å²) in [5.41, 5.74) is 1.92. The van der Waals surface area contributed by atoms with Gasteiger partial charge >= 0.3 is 0 Å². The Bertz CT molecular complexity index is 454. The van der Waals surface area contributed by atoms with E-state index in [-0.39, 0.29) is 11.4 Å². The molecule has 1 aliphatic rings. The number of anilines is 1. The highest BCUT2D eigenvalue weighted by Gasteiger charge is 2.34. The van der Waals surface area contributed by atoms with E-state index in [0.717, 1.165) is 43.7 Å². The first-order valence-electron chi connectivity index (χ1n) is 7.67. The first kappa shape index (κ1) is 15.3. The summed E-state index contributed by atoms with van der Waals surface area (Å²) < 4.78 is 14.4. The summed E-state index contributed by atoms with van der Waals surface area (Å²) in [7, 11) is 0. The molecule has 0 radical (unpaired) electrons. The fourth-order valence-corrected chi connectivity index (χ4v) is 3.02. The zero-order valence-corrected chi connectivity index (χ0v) is 13.2. The predicted octanol–water partition coefficient (Wildman–Crippen LogP) is 3.95. The Morgan fingerprint density at radius 1 is 1.35 bits per heavy atom. The zero-order chi connectivity index (χ0) is 14.8. The number of para-hydroxylation sites is 1. The molecule has 1 aromatic rings. The van der Waals surface area contributed by atoms with Crippen molar-refractivity contribution in [1.82, 2.24) is 5.32 Å². The zero-order valence-electron chi connectivity index (χ0n) is 13.2. The van der Waals surface area contributed by atoms with Gasteiger partial charge in [-0.25, -0.2) is 4.39 Å². The van der Waals surface area contributed by atoms with Gasteiger partial charge < -0.3 is 10.2 Å². The molecule has 0 saturated carbocycles. The average Bonchev–Trinajstić information content (AvgIpc) is 2.69. The van der Waals surface area contributed by atoms with Crippen molar-refractivity contribution >= 4 is 5.69 Å².